The molecular weight excluding hydrogens is 256 g/mol. The van der Waals surface area contributed by atoms with E-state index in [9.17, 15) is 8.78 Å². The van der Waals surface area contributed by atoms with Gasteiger partial charge in [0.25, 0.3) is 0 Å². The lowest BCUT2D eigenvalue weighted by molar-refractivity contribution is 0.568. The van der Waals surface area contributed by atoms with Crippen LogP contribution in [0.5, 0.6) is 0 Å². The van der Waals surface area contributed by atoms with Crippen LogP contribution in [0, 0.1) is 18.6 Å². The molecule has 0 aliphatic carbocycles. The zero-order valence-corrected chi connectivity index (χ0v) is 11.6. The van der Waals surface area contributed by atoms with E-state index >= 15 is 0 Å². The van der Waals surface area contributed by atoms with E-state index in [-0.39, 0.29) is 6.04 Å². The summed E-state index contributed by atoms with van der Waals surface area (Å²) in [7, 11) is 0. The van der Waals surface area contributed by atoms with Crippen molar-refractivity contribution in [3.63, 3.8) is 0 Å². The molecule has 0 radical (unpaired) electrons. The fourth-order valence-corrected chi connectivity index (χ4v) is 2.37. The molecule has 0 amide bonds. The summed E-state index contributed by atoms with van der Waals surface area (Å²) in [6.07, 6.45) is 2.16. The fraction of sp³-hybridized carbons (Fsp3) is 0.294. The molecule has 0 aromatic heterocycles. The quantitative estimate of drug-likeness (QED) is 0.883. The number of hydrogen-bond acceptors (Lipinski definition) is 1. The van der Waals surface area contributed by atoms with Crippen molar-refractivity contribution >= 4 is 0 Å². The Kier molecular flexibility index (Phi) is 4.85. The van der Waals surface area contributed by atoms with Crippen LogP contribution in [-0.2, 0) is 12.8 Å². The van der Waals surface area contributed by atoms with E-state index in [0.717, 1.165) is 18.9 Å². The van der Waals surface area contributed by atoms with Crippen LogP contribution < -0.4 is 5.73 Å². The van der Waals surface area contributed by atoms with Crippen molar-refractivity contribution in [3.8, 4) is 0 Å². The van der Waals surface area contributed by atoms with Gasteiger partial charge in [0.2, 0.25) is 0 Å². The van der Waals surface area contributed by atoms with Gasteiger partial charge in [0.05, 0.1) is 0 Å². The largest absolute Gasteiger partial charge is 0.327 e. The van der Waals surface area contributed by atoms with E-state index in [1.54, 1.807) is 0 Å². The maximum Gasteiger partial charge on any atom is 0.126 e. The average Bonchev–Trinajstić information content (AvgIpc) is 2.36. The van der Waals surface area contributed by atoms with Crippen LogP contribution in [0.1, 0.15) is 23.1 Å². The molecule has 20 heavy (non-hydrogen) atoms. The van der Waals surface area contributed by atoms with Gasteiger partial charge in [-0.3, -0.25) is 0 Å². The molecule has 2 rings (SSSR count). The van der Waals surface area contributed by atoms with Gasteiger partial charge in [0.15, 0.2) is 0 Å². The zero-order chi connectivity index (χ0) is 14.5. The molecule has 1 unspecified atom stereocenters. The van der Waals surface area contributed by atoms with E-state index in [1.807, 2.05) is 12.1 Å². The maximum atomic E-state index is 13.1. The highest BCUT2D eigenvalue weighted by Gasteiger charge is 2.08. The molecule has 0 aliphatic rings. The van der Waals surface area contributed by atoms with Crippen LogP contribution >= 0.6 is 0 Å². The summed E-state index contributed by atoms with van der Waals surface area (Å²) in [5.74, 6) is -1.10. The molecule has 106 valence electrons. The summed E-state index contributed by atoms with van der Waals surface area (Å²) in [6.45, 7) is 2.07. The maximum absolute atomic E-state index is 13.1. The summed E-state index contributed by atoms with van der Waals surface area (Å²) in [6, 6.07) is 11.6. The number of rotatable bonds is 5. The lowest BCUT2D eigenvalue weighted by atomic mass is 9.97. The highest BCUT2D eigenvalue weighted by molar-refractivity contribution is 5.26. The van der Waals surface area contributed by atoms with E-state index in [0.29, 0.717) is 12.0 Å². The number of halogens is 2. The first-order valence-electron chi connectivity index (χ1n) is 6.79. The van der Waals surface area contributed by atoms with Crippen molar-refractivity contribution in [2.24, 2.45) is 5.73 Å². The van der Waals surface area contributed by atoms with E-state index in [2.05, 4.69) is 19.1 Å². The van der Waals surface area contributed by atoms with Gasteiger partial charge in [-0.2, -0.15) is 0 Å². The highest BCUT2D eigenvalue weighted by Crippen LogP contribution is 2.14. The number of hydrogen-bond donors (Lipinski definition) is 1. The number of benzene rings is 2. The Morgan fingerprint density at radius 1 is 1.05 bits per heavy atom. The Morgan fingerprint density at radius 3 is 2.35 bits per heavy atom. The molecule has 0 bridgehead atoms. The number of nitrogens with two attached hydrogens (primary N) is 1. The second kappa shape index (κ2) is 6.62. The number of aryl methyl sites for hydroxylation is 2. The lowest BCUT2D eigenvalue weighted by Crippen LogP contribution is -2.23. The molecular formula is C17H19F2N. The predicted octanol–water partition coefficient (Wildman–Crippen LogP) is 3.78. The summed E-state index contributed by atoms with van der Waals surface area (Å²) >= 11 is 0. The van der Waals surface area contributed by atoms with Crippen LogP contribution in [0.2, 0.25) is 0 Å². The van der Waals surface area contributed by atoms with Crippen LogP contribution in [-0.4, -0.2) is 6.04 Å². The molecule has 3 heteroatoms. The monoisotopic (exact) mass is 275 g/mol. The van der Waals surface area contributed by atoms with Gasteiger partial charge in [-0.05, 0) is 55.0 Å². The van der Waals surface area contributed by atoms with Gasteiger partial charge in [0, 0.05) is 12.1 Å². The minimum absolute atomic E-state index is 0.101. The van der Waals surface area contributed by atoms with Crippen LogP contribution in [0.15, 0.2) is 42.5 Å². The second-order valence-electron chi connectivity index (χ2n) is 5.21. The molecule has 0 heterocycles. The molecule has 0 fully saturated rings. The van der Waals surface area contributed by atoms with E-state index in [4.69, 9.17) is 5.73 Å². The molecule has 1 atom stereocenters. The molecule has 2 N–H and O–H groups in total. The van der Waals surface area contributed by atoms with Crippen molar-refractivity contribution in [2.75, 3.05) is 0 Å². The summed E-state index contributed by atoms with van der Waals surface area (Å²) < 4.78 is 26.2. The zero-order valence-electron chi connectivity index (χ0n) is 11.6. The summed E-state index contributed by atoms with van der Waals surface area (Å²) in [4.78, 5) is 0. The van der Waals surface area contributed by atoms with Gasteiger partial charge in [0.1, 0.15) is 11.6 Å². The van der Waals surface area contributed by atoms with Crippen molar-refractivity contribution in [1.82, 2.24) is 0 Å². The minimum atomic E-state index is -0.550. The molecule has 1 nitrogen and oxygen atoms in total. The molecule has 0 saturated carbocycles. The minimum Gasteiger partial charge on any atom is -0.327 e. The fourth-order valence-electron chi connectivity index (χ4n) is 2.37. The van der Waals surface area contributed by atoms with Gasteiger partial charge in [-0.25, -0.2) is 8.78 Å². The predicted molar refractivity (Wildman–Crippen MR) is 77.5 cm³/mol. The normalized spacial score (nSPS) is 12.4. The van der Waals surface area contributed by atoms with Crippen LogP contribution in [0.4, 0.5) is 8.78 Å². The lowest BCUT2D eigenvalue weighted by Gasteiger charge is -2.13. The SMILES string of the molecule is Cc1ccccc1CCC(N)Cc1cc(F)cc(F)c1. The van der Waals surface area contributed by atoms with E-state index < -0.39 is 11.6 Å². The third-order valence-electron chi connectivity index (χ3n) is 3.47. The highest BCUT2D eigenvalue weighted by atomic mass is 19.1. The van der Waals surface area contributed by atoms with Crippen LogP contribution in [0.3, 0.4) is 0 Å². The van der Waals surface area contributed by atoms with Crippen molar-refractivity contribution < 1.29 is 8.78 Å². The molecule has 0 aliphatic heterocycles. The summed E-state index contributed by atoms with van der Waals surface area (Å²) in [5.41, 5.74) is 9.19. The first-order valence-corrected chi connectivity index (χ1v) is 6.79. The molecule has 0 saturated heterocycles. The second-order valence-corrected chi connectivity index (χ2v) is 5.21. The van der Waals surface area contributed by atoms with Crippen molar-refractivity contribution in [1.29, 1.82) is 0 Å². The third-order valence-corrected chi connectivity index (χ3v) is 3.47. The molecule has 2 aromatic carbocycles. The molecule has 0 spiro atoms. The van der Waals surface area contributed by atoms with Crippen molar-refractivity contribution in [3.05, 3.63) is 70.8 Å². The van der Waals surface area contributed by atoms with Crippen molar-refractivity contribution in [2.45, 2.75) is 32.2 Å². The summed E-state index contributed by atoms with van der Waals surface area (Å²) in [5, 5.41) is 0. The Balaban J connectivity index is 1.92. The third kappa shape index (κ3) is 4.14. The smallest absolute Gasteiger partial charge is 0.126 e. The first-order chi connectivity index (χ1) is 9.54. The Hall–Kier alpha value is -1.74. The average molecular weight is 275 g/mol. The Morgan fingerprint density at radius 2 is 1.70 bits per heavy atom. The van der Waals surface area contributed by atoms with Gasteiger partial charge >= 0.3 is 0 Å². The van der Waals surface area contributed by atoms with Gasteiger partial charge < -0.3 is 5.73 Å². The van der Waals surface area contributed by atoms with Gasteiger partial charge in [-0.15, -0.1) is 0 Å². The molecule has 2 aromatic rings. The Bertz CT molecular complexity index is 561. The first kappa shape index (κ1) is 14.7. The topological polar surface area (TPSA) is 26.0 Å². The standard InChI is InChI=1S/C17H19F2N/c1-12-4-2-3-5-14(12)6-7-17(20)10-13-8-15(18)11-16(19)9-13/h2-5,8-9,11,17H,6-7,10,20H2,1H3. The van der Waals surface area contributed by atoms with Crippen LogP contribution in [0.25, 0.3) is 0 Å². The van der Waals surface area contributed by atoms with Gasteiger partial charge in [-0.1, -0.05) is 24.3 Å². The Labute approximate surface area is 118 Å². The van der Waals surface area contributed by atoms with E-state index in [1.165, 1.54) is 23.3 Å².